The van der Waals surface area contributed by atoms with E-state index in [1.165, 1.54) is 19.2 Å². The quantitative estimate of drug-likeness (QED) is 0.730. The molecule has 0 aliphatic rings. The van der Waals surface area contributed by atoms with E-state index in [4.69, 9.17) is 4.74 Å². The molecular weight excluding hydrogens is 254 g/mol. The Balaban J connectivity index is 2.78. The van der Waals surface area contributed by atoms with Crippen LogP contribution in [0.4, 0.5) is 8.78 Å². The van der Waals surface area contributed by atoms with Crippen LogP contribution >= 0.6 is 0 Å². The molecule has 0 aliphatic carbocycles. The van der Waals surface area contributed by atoms with Crippen molar-refractivity contribution >= 4 is 0 Å². The van der Waals surface area contributed by atoms with Gasteiger partial charge in [-0.15, -0.1) is 0 Å². The highest BCUT2D eigenvalue weighted by molar-refractivity contribution is 5.43. The van der Waals surface area contributed by atoms with E-state index in [-0.39, 0.29) is 11.5 Å². The molecule has 0 spiro atoms. The topological polar surface area (TPSA) is 38.7 Å². The molecule has 0 amide bonds. The van der Waals surface area contributed by atoms with E-state index < -0.39 is 12.7 Å². The lowest BCUT2D eigenvalue weighted by Crippen LogP contribution is -2.05. The molecule has 1 atom stereocenters. The predicted octanol–water partition coefficient (Wildman–Crippen LogP) is 3.91. The number of hydrogen-bond acceptors (Lipinski definition) is 3. The Morgan fingerprint density at radius 2 is 1.95 bits per heavy atom. The van der Waals surface area contributed by atoms with Crippen LogP contribution in [0.25, 0.3) is 0 Å². The van der Waals surface area contributed by atoms with Gasteiger partial charge in [-0.25, -0.2) is 0 Å². The number of aliphatic hydroxyl groups excluding tert-OH is 1. The molecule has 1 unspecified atom stereocenters. The highest BCUT2D eigenvalue weighted by Gasteiger charge is 2.14. The van der Waals surface area contributed by atoms with Gasteiger partial charge in [0.15, 0.2) is 11.5 Å². The average molecular weight is 274 g/mol. The summed E-state index contributed by atoms with van der Waals surface area (Å²) in [6.07, 6.45) is 2.93. The summed E-state index contributed by atoms with van der Waals surface area (Å²) in [5, 5.41) is 9.99. The summed E-state index contributed by atoms with van der Waals surface area (Å²) in [6, 6.07) is 4.59. The zero-order valence-corrected chi connectivity index (χ0v) is 11.2. The van der Waals surface area contributed by atoms with Crippen LogP contribution < -0.4 is 9.47 Å². The molecule has 5 heteroatoms. The third kappa shape index (κ3) is 5.03. The predicted molar refractivity (Wildman–Crippen MR) is 68.7 cm³/mol. The summed E-state index contributed by atoms with van der Waals surface area (Å²) in [5.41, 5.74) is 0.563. The average Bonchev–Trinajstić information content (AvgIpc) is 2.38. The second-order valence-corrected chi connectivity index (χ2v) is 4.30. The van der Waals surface area contributed by atoms with Crippen molar-refractivity contribution in [1.29, 1.82) is 0 Å². The van der Waals surface area contributed by atoms with Gasteiger partial charge >= 0.3 is 6.61 Å². The third-order valence-electron chi connectivity index (χ3n) is 2.87. The number of hydrogen-bond donors (Lipinski definition) is 1. The molecule has 1 N–H and O–H groups in total. The first kappa shape index (κ1) is 15.7. The maximum atomic E-state index is 12.3. The molecule has 0 aromatic heterocycles. The Morgan fingerprint density at radius 1 is 1.21 bits per heavy atom. The molecule has 0 aliphatic heterocycles. The zero-order valence-electron chi connectivity index (χ0n) is 11.2. The zero-order chi connectivity index (χ0) is 14.3. The van der Waals surface area contributed by atoms with E-state index in [2.05, 4.69) is 11.7 Å². The van der Waals surface area contributed by atoms with Crippen LogP contribution in [-0.2, 0) is 0 Å². The Hall–Kier alpha value is -1.36. The van der Waals surface area contributed by atoms with Crippen LogP contribution in [0, 0.1) is 0 Å². The van der Waals surface area contributed by atoms with Gasteiger partial charge in [-0.05, 0) is 24.1 Å². The molecule has 0 saturated carbocycles. The smallest absolute Gasteiger partial charge is 0.387 e. The molecule has 1 aromatic carbocycles. The molecule has 1 rings (SSSR count). The molecule has 0 heterocycles. The molecular formula is C14H20F2O3. The highest BCUT2D eigenvalue weighted by atomic mass is 19.3. The van der Waals surface area contributed by atoms with Crippen LogP contribution in [0.3, 0.4) is 0 Å². The minimum absolute atomic E-state index is 0.0514. The van der Waals surface area contributed by atoms with E-state index >= 15 is 0 Å². The van der Waals surface area contributed by atoms with E-state index in [1.54, 1.807) is 6.07 Å². The maximum Gasteiger partial charge on any atom is 0.387 e. The molecule has 19 heavy (non-hydrogen) atoms. The summed E-state index contributed by atoms with van der Waals surface area (Å²) in [6.45, 7) is -0.838. The number of unbranched alkanes of at least 4 members (excludes halogenated alkanes) is 2. The molecule has 0 radical (unpaired) electrons. The van der Waals surface area contributed by atoms with Crippen molar-refractivity contribution in [3.63, 3.8) is 0 Å². The van der Waals surface area contributed by atoms with Gasteiger partial charge < -0.3 is 14.6 Å². The largest absolute Gasteiger partial charge is 0.493 e. The Bertz CT molecular complexity index is 383. The fourth-order valence-electron chi connectivity index (χ4n) is 1.84. The van der Waals surface area contributed by atoms with E-state index in [0.29, 0.717) is 12.0 Å². The number of halogens is 2. The minimum Gasteiger partial charge on any atom is -0.493 e. The van der Waals surface area contributed by atoms with Crippen LogP contribution in [0.1, 0.15) is 44.3 Å². The van der Waals surface area contributed by atoms with Crippen molar-refractivity contribution in [2.75, 3.05) is 7.11 Å². The van der Waals surface area contributed by atoms with Crippen molar-refractivity contribution in [2.24, 2.45) is 0 Å². The SMILES string of the molecule is CCCCCC(O)c1ccc(OC)c(OC(F)F)c1. The fraction of sp³-hybridized carbons (Fsp3) is 0.571. The summed E-state index contributed by atoms with van der Waals surface area (Å²) in [4.78, 5) is 0. The minimum atomic E-state index is -2.92. The number of ether oxygens (including phenoxy) is 2. The lowest BCUT2D eigenvalue weighted by Gasteiger charge is -2.15. The van der Waals surface area contributed by atoms with Crippen LogP contribution in [0.2, 0.25) is 0 Å². The molecule has 1 aromatic rings. The summed E-state index contributed by atoms with van der Waals surface area (Å²) >= 11 is 0. The van der Waals surface area contributed by atoms with Gasteiger partial charge in [0.2, 0.25) is 0 Å². The van der Waals surface area contributed by atoms with Crippen LogP contribution in [-0.4, -0.2) is 18.8 Å². The van der Waals surface area contributed by atoms with Gasteiger partial charge in [0.25, 0.3) is 0 Å². The van der Waals surface area contributed by atoms with Gasteiger partial charge in [0, 0.05) is 0 Å². The molecule has 0 bridgehead atoms. The van der Waals surface area contributed by atoms with Gasteiger partial charge in [-0.1, -0.05) is 32.3 Å². The standard InChI is InChI=1S/C14H20F2O3/c1-3-4-5-6-11(17)10-7-8-12(18-2)13(9-10)19-14(15)16/h7-9,11,14,17H,3-6H2,1-2H3. The highest BCUT2D eigenvalue weighted by Crippen LogP contribution is 2.32. The monoisotopic (exact) mass is 274 g/mol. The van der Waals surface area contributed by atoms with Gasteiger partial charge in [-0.3, -0.25) is 0 Å². The fourth-order valence-corrected chi connectivity index (χ4v) is 1.84. The second kappa shape index (κ2) is 7.94. The summed E-state index contributed by atoms with van der Waals surface area (Å²) in [7, 11) is 1.38. The second-order valence-electron chi connectivity index (χ2n) is 4.30. The number of methoxy groups -OCH3 is 1. The number of aliphatic hydroxyl groups is 1. The van der Waals surface area contributed by atoms with Gasteiger partial charge in [-0.2, -0.15) is 8.78 Å². The van der Waals surface area contributed by atoms with E-state index in [0.717, 1.165) is 19.3 Å². The number of rotatable bonds is 8. The first-order chi connectivity index (χ1) is 9.08. The summed E-state index contributed by atoms with van der Waals surface area (Å²) < 4.78 is 33.9. The first-order valence-electron chi connectivity index (χ1n) is 6.39. The van der Waals surface area contributed by atoms with Gasteiger partial charge in [0.1, 0.15) is 0 Å². The summed E-state index contributed by atoms with van der Waals surface area (Å²) in [5.74, 6) is 0.175. The molecule has 108 valence electrons. The van der Waals surface area contributed by atoms with E-state index in [9.17, 15) is 13.9 Å². The van der Waals surface area contributed by atoms with Crippen LogP contribution in [0.15, 0.2) is 18.2 Å². The van der Waals surface area contributed by atoms with E-state index in [1.807, 2.05) is 0 Å². The van der Waals surface area contributed by atoms with Crippen molar-refractivity contribution in [3.05, 3.63) is 23.8 Å². The lowest BCUT2D eigenvalue weighted by molar-refractivity contribution is -0.0513. The Labute approximate surface area is 112 Å². The maximum absolute atomic E-state index is 12.3. The number of alkyl halides is 2. The Morgan fingerprint density at radius 3 is 2.53 bits per heavy atom. The molecule has 0 saturated heterocycles. The third-order valence-corrected chi connectivity index (χ3v) is 2.87. The molecule has 3 nitrogen and oxygen atoms in total. The normalized spacial score (nSPS) is 12.5. The van der Waals surface area contributed by atoms with Crippen molar-refractivity contribution < 1.29 is 23.4 Å². The van der Waals surface area contributed by atoms with Crippen molar-refractivity contribution in [1.82, 2.24) is 0 Å². The molecule has 0 fully saturated rings. The van der Waals surface area contributed by atoms with Crippen molar-refractivity contribution in [3.8, 4) is 11.5 Å². The van der Waals surface area contributed by atoms with Gasteiger partial charge in [0.05, 0.1) is 13.2 Å². The first-order valence-corrected chi connectivity index (χ1v) is 6.39. The number of benzene rings is 1. The van der Waals surface area contributed by atoms with Crippen LogP contribution in [0.5, 0.6) is 11.5 Å². The Kier molecular flexibility index (Phi) is 6.56. The van der Waals surface area contributed by atoms with Crippen molar-refractivity contribution in [2.45, 2.75) is 45.3 Å². The lowest BCUT2D eigenvalue weighted by atomic mass is 10.0.